The van der Waals surface area contributed by atoms with E-state index in [-0.39, 0.29) is 10.6 Å². The minimum absolute atomic E-state index is 0.164. The zero-order valence-corrected chi connectivity index (χ0v) is 13.2. The third kappa shape index (κ3) is 2.86. The zero-order chi connectivity index (χ0) is 14.8. The number of carbonyl (C=O) groups is 1. The molecular weight excluding hydrogens is 350 g/mol. The summed E-state index contributed by atoms with van der Waals surface area (Å²) in [6.45, 7) is 0. The number of nitrogens with one attached hydrogen (secondary N) is 1. The Kier molecular flexibility index (Phi) is 3.81. The van der Waals surface area contributed by atoms with E-state index in [2.05, 4.69) is 21.0 Å². The molecule has 0 saturated heterocycles. The molecule has 0 saturated carbocycles. The van der Waals surface area contributed by atoms with E-state index in [4.69, 9.17) is 5.41 Å². The minimum Gasteiger partial charge on any atom is -0.286 e. The molecule has 2 aromatic carbocycles. The van der Waals surface area contributed by atoms with Gasteiger partial charge in [-0.05, 0) is 18.2 Å². The van der Waals surface area contributed by atoms with E-state index in [1.165, 1.54) is 4.68 Å². The maximum atomic E-state index is 12.4. The fourth-order valence-corrected chi connectivity index (χ4v) is 3.02. The van der Waals surface area contributed by atoms with Crippen LogP contribution in [0.4, 0.5) is 0 Å². The Morgan fingerprint density at radius 1 is 1.14 bits per heavy atom. The van der Waals surface area contributed by atoms with Crippen LogP contribution < -0.4 is 4.80 Å². The molecule has 6 heteroatoms. The zero-order valence-electron chi connectivity index (χ0n) is 10.8. The lowest BCUT2D eigenvalue weighted by atomic mass is 10.1. The van der Waals surface area contributed by atoms with Gasteiger partial charge in [0.1, 0.15) is 0 Å². The molecule has 1 heterocycles. The molecule has 0 atom stereocenters. The number of hydrogen-bond acceptors (Lipinski definition) is 4. The lowest BCUT2D eigenvalue weighted by Gasteiger charge is -2.00. The average molecular weight is 360 g/mol. The van der Waals surface area contributed by atoms with Crippen molar-refractivity contribution < 1.29 is 4.79 Å². The predicted molar refractivity (Wildman–Crippen MR) is 84.9 cm³/mol. The van der Waals surface area contributed by atoms with Crippen molar-refractivity contribution in [2.75, 3.05) is 0 Å². The van der Waals surface area contributed by atoms with Gasteiger partial charge >= 0.3 is 0 Å². The van der Waals surface area contributed by atoms with Crippen LogP contribution in [0, 0.1) is 5.41 Å². The van der Waals surface area contributed by atoms with E-state index >= 15 is 0 Å². The molecule has 0 aliphatic rings. The van der Waals surface area contributed by atoms with Crippen LogP contribution in [0.15, 0.2) is 59.1 Å². The van der Waals surface area contributed by atoms with Crippen LogP contribution in [0.1, 0.15) is 15.4 Å². The third-order valence-electron chi connectivity index (χ3n) is 2.86. The Bertz CT molecular complexity index is 855. The monoisotopic (exact) mass is 359 g/mol. The Morgan fingerprint density at radius 3 is 2.62 bits per heavy atom. The minimum atomic E-state index is -0.164. The van der Waals surface area contributed by atoms with Crippen molar-refractivity contribution in [3.63, 3.8) is 0 Å². The fourth-order valence-electron chi connectivity index (χ4n) is 1.88. The fraction of sp³-hybridized carbons (Fsp3) is 0. The highest BCUT2D eigenvalue weighted by Crippen LogP contribution is 2.16. The summed E-state index contributed by atoms with van der Waals surface area (Å²) in [5, 5.41) is 12.6. The average Bonchev–Trinajstić information content (AvgIpc) is 2.89. The second-order valence-corrected chi connectivity index (χ2v) is 6.19. The summed E-state index contributed by atoms with van der Waals surface area (Å²) >= 11 is 4.46. The van der Waals surface area contributed by atoms with Crippen LogP contribution in [0.5, 0.6) is 0 Å². The van der Waals surface area contributed by atoms with Crippen molar-refractivity contribution in [1.29, 1.82) is 5.41 Å². The van der Waals surface area contributed by atoms with Gasteiger partial charge in [0.15, 0.2) is 5.01 Å². The standard InChI is InChI=1S/C15H10BrN3OS/c16-11-7-4-8-12(9-11)19-15(17)21-14(18-19)13(20)10-5-2-1-3-6-10/h1-9,17H. The summed E-state index contributed by atoms with van der Waals surface area (Å²) in [6, 6.07) is 16.4. The van der Waals surface area contributed by atoms with Gasteiger partial charge in [-0.2, -0.15) is 5.10 Å². The van der Waals surface area contributed by atoms with Crippen LogP contribution in [-0.4, -0.2) is 15.6 Å². The van der Waals surface area contributed by atoms with Gasteiger partial charge in [-0.3, -0.25) is 10.2 Å². The number of aromatic nitrogens is 2. The molecule has 3 rings (SSSR count). The summed E-state index contributed by atoms with van der Waals surface area (Å²) < 4.78 is 2.36. The van der Waals surface area contributed by atoms with E-state index < -0.39 is 0 Å². The largest absolute Gasteiger partial charge is 0.286 e. The summed E-state index contributed by atoms with van der Waals surface area (Å²) in [5.74, 6) is -0.164. The summed E-state index contributed by atoms with van der Waals surface area (Å²) in [6.07, 6.45) is 0. The molecule has 0 spiro atoms. The first-order valence-corrected chi connectivity index (χ1v) is 7.76. The first kappa shape index (κ1) is 13.9. The van der Waals surface area contributed by atoms with E-state index in [1.807, 2.05) is 42.5 Å². The molecule has 0 amide bonds. The molecule has 1 aromatic heterocycles. The van der Waals surface area contributed by atoms with Gasteiger partial charge in [0, 0.05) is 10.0 Å². The highest BCUT2D eigenvalue weighted by atomic mass is 79.9. The molecule has 21 heavy (non-hydrogen) atoms. The Hall–Kier alpha value is -2.05. The summed E-state index contributed by atoms with van der Waals surface area (Å²) in [4.78, 5) is 12.6. The quantitative estimate of drug-likeness (QED) is 0.728. The Balaban J connectivity index is 2.03. The maximum Gasteiger partial charge on any atom is 0.223 e. The highest BCUT2D eigenvalue weighted by molar-refractivity contribution is 9.10. The molecule has 0 radical (unpaired) electrons. The molecule has 4 nitrogen and oxygen atoms in total. The van der Waals surface area contributed by atoms with E-state index in [1.54, 1.807) is 12.1 Å². The van der Waals surface area contributed by atoms with E-state index in [0.717, 1.165) is 21.5 Å². The number of hydrogen-bond donors (Lipinski definition) is 1. The lowest BCUT2D eigenvalue weighted by molar-refractivity contribution is 0.103. The number of carbonyl (C=O) groups excluding carboxylic acids is 1. The smallest absolute Gasteiger partial charge is 0.223 e. The molecule has 3 aromatic rings. The van der Waals surface area contributed by atoms with Gasteiger partial charge < -0.3 is 0 Å². The molecular formula is C15H10BrN3OS. The molecule has 1 N–H and O–H groups in total. The van der Waals surface area contributed by atoms with Gasteiger partial charge in [0.05, 0.1) is 5.69 Å². The SMILES string of the molecule is N=c1sc(C(=O)c2ccccc2)nn1-c1cccc(Br)c1. The van der Waals surface area contributed by atoms with Crippen molar-refractivity contribution in [2.24, 2.45) is 0 Å². The van der Waals surface area contributed by atoms with Gasteiger partial charge in [-0.25, -0.2) is 4.68 Å². The van der Waals surface area contributed by atoms with Crippen molar-refractivity contribution in [1.82, 2.24) is 9.78 Å². The van der Waals surface area contributed by atoms with Crippen LogP contribution in [0.2, 0.25) is 0 Å². The number of nitrogens with zero attached hydrogens (tertiary/aromatic N) is 2. The van der Waals surface area contributed by atoms with Crippen LogP contribution in [-0.2, 0) is 0 Å². The normalized spacial score (nSPS) is 10.5. The van der Waals surface area contributed by atoms with Gasteiger partial charge in [-0.1, -0.05) is 63.7 Å². The van der Waals surface area contributed by atoms with Gasteiger partial charge in [0.2, 0.25) is 10.6 Å². The van der Waals surface area contributed by atoms with Crippen LogP contribution in [0.3, 0.4) is 0 Å². The maximum absolute atomic E-state index is 12.4. The van der Waals surface area contributed by atoms with Crippen LogP contribution >= 0.6 is 27.3 Å². The second kappa shape index (κ2) is 5.75. The third-order valence-corrected chi connectivity index (χ3v) is 4.18. The van der Waals surface area contributed by atoms with E-state index in [9.17, 15) is 4.79 Å². The van der Waals surface area contributed by atoms with Crippen molar-refractivity contribution in [2.45, 2.75) is 0 Å². The number of ketones is 1. The van der Waals surface area contributed by atoms with Crippen LogP contribution in [0.25, 0.3) is 5.69 Å². The topological polar surface area (TPSA) is 58.7 Å². The molecule has 104 valence electrons. The molecule has 0 unspecified atom stereocenters. The molecule has 0 bridgehead atoms. The summed E-state index contributed by atoms with van der Waals surface area (Å²) in [7, 11) is 0. The summed E-state index contributed by atoms with van der Waals surface area (Å²) in [5.41, 5.74) is 1.32. The van der Waals surface area contributed by atoms with Gasteiger partial charge in [0.25, 0.3) is 0 Å². The van der Waals surface area contributed by atoms with Crippen molar-refractivity contribution in [3.05, 3.63) is 74.4 Å². The molecule has 0 aliphatic carbocycles. The highest BCUT2D eigenvalue weighted by Gasteiger charge is 2.15. The first-order valence-electron chi connectivity index (χ1n) is 6.15. The van der Waals surface area contributed by atoms with Crippen molar-refractivity contribution >= 4 is 33.0 Å². The Labute approximate surface area is 133 Å². The predicted octanol–water partition coefficient (Wildman–Crippen LogP) is 3.41. The number of rotatable bonds is 3. The number of benzene rings is 2. The molecule has 0 fully saturated rings. The van der Waals surface area contributed by atoms with Crippen molar-refractivity contribution in [3.8, 4) is 5.69 Å². The number of halogens is 1. The first-order chi connectivity index (χ1) is 10.1. The lowest BCUT2D eigenvalue weighted by Crippen LogP contribution is -2.12. The van der Waals surface area contributed by atoms with Gasteiger partial charge in [-0.15, -0.1) is 0 Å². The second-order valence-electron chi connectivity index (χ2n) is 4.30. The molecule has 0 aliphatic heterocycles. The van der Waals surface area contributed by atoms with E-state index in [0.29, 0.717) is 10.6 Å². The Morgan fingerprint density at radius 2 is 1.90 bits per heavy atom.